The van der Waals surface area contributed by atoms with E-state index in [0.29, 0.717) is 12.1 Å². The first-order chi connectivity index (χ1) is 17.6. The molecule has 4 rings (SSSR count). The van der Waals surface area contributed by atoms with E-state index in [1.807, 2.05) is 48.5 Å². The molecule has 37 heavy (non-hydrogen) atoms. The number of ether oxygens (including phenoxy) is 1. The van der Waals surface area contributed by atoms with Crippen LogP contribution in [0.2, 0.25) is 0 Å². The molecular weight excluding hydrogens is 493 g/mol. The van der Waals surface area contributed by atoms with E-state index >= 15 is 0 Å². The van der Waals surface area contributed by atoms with Crippen molar-refractivity contribution in [2.75, 3.05) is 13.2 Å². The van der Waals surface area contributed by atoms with E-state index in [2.05, 4.69) is 5.32 Å². The van der Waals surface area contributed by atoms with Crippen molar-refractivity contribution in [2.45, 2.75) is 30.7 Å². The van der Waals surface area contributed by atoms with Crippen LogP contribution in [0.5, 0.6) is 0 Å². The Bertz CT molecular complexity index is 1270. The lowest BCUT2D eigenvalue weighted by atomic mass is 9.98. The Kier molecular flexibility index (Phi) is 7.46. The number of nitro groups is 1. The number of alkyl carbamates (subject to hydrolysis) is 1. The standard InChI is InChI=1S/C26H23F3N2O6/c27-26(28,29)21-10-9-15(13-22(21)31(35)36)24(33)23(32)11-12-30-25(34)37-14-20-18-7-3-1-5-16(18)17-6-2-4-8-19(17)20/h1-10,13,20,23-24,32-33H,11-12,14H2,(H,30,34). The Morgan fingerprint density at radius 3 is 2.19 bits per heavy atom. The van der Waals surface area contributed by atoms with Crippen LogP contribution >= 0.6 is 0 Å². The molecule has 0 radical (unpaired) electrons. The zero-order valence-electron chi connectivity index (χ0n) is 19.3. The molecule has 1 amide bonds. The van der Waals surface area contributed by atoms with E-state index in [9.17, 15) is 38.3 Å². The van der Waals surface area contributed by atoms with Crippen LogP contribution < -0.4 is 5.32 Å². The number of fused-ring (bicyclic) bond motifs is 3. The van der Waals surface area contributed by atoms with E-state index in [1.54, 1.807) is 0 Å². The molecule has 0 fully saturated rings. The molecule has 3 N–H and O–H groups in total. The first kappa shape index (κ1) is 26.1. The second-order valence-corrected chi connectivity index (χ2v) is 8.58. The Hall–Kier alpha value is -3.96. The average Bonchev–Trinajstić information content (AvgIpc) is 3.19. The second-order valence-electron chi connectivity index (χ2n) is 8.58. The van der Waals surface area contributed by atoms with Gasteiger partial charge in [0.15, 0.2) is 0 Å². The molecule has 0 aromatic heterocycles. The van der Waals surface area contributed by atoms with Crippen LogP contribution in [0.4, 0.5) is 23.7 Å². The number of hydrogen-bond acceptors (Lipinski definition) is 6. The van der Waals surface area contributed by atoms with E-state index in [0.717, 1.165) is 28.3 Å². The molecule has 194 valence electrons. The Morgan fingerprint density at radius 1 is 1.03 bits per heavy atom. The topological polar surface area (TPSA) is 122 Å². The highest BCUT2D eigenvalue weighted by Crippen LogP contribution is 2.44. The summed E-state index contributed by atoms with van der Waals surface area (Å²) in [5.41, 5.74) is 1.29. The monoisotopic (exact) mass is 516 g/mol. The molecule has 2 atom stereocenters. The summed E-state index contributed by atoms with van der Waals surface area (Å²) in [5.74, 6) is -0.138. The highest BCUT2D eigenvalue weighted by Gasteiger charge is 2.39. The Morgan fingerprint density at radius 2 is 1.62 bits per heavy atom. The highest BCUT2D eigenvalue weighted by molar-refractivity contribution is 5.79. The van der Waals surface area contributed by atoms with Crippen molar-refractivity contribution in [1.29, 1.82) is 0 Å². The third kappa shape index (κ3) is 5.57. The molecule has 2 unspecified atom stereocenters. The quantitative estimate of drug-likeness (QED) is 0.288. The molecule has 3 aromatic carbocycles. The van der Waals surface area contributed by atoms with Crippen molar-refractivity contribution in [3.63, 3.8) is 0 Å². The number of benzene rings is 3. The van der Waals surface area contributed by atoms with Gasteiger partial charge in [0.25, 0.3) is 5.69 Å². The molecule has 0 saturated heterocycles. The third-order valence-electron chi connectivity index (χ3n) is 6.28. The SMILES string of the molecule is O=C(NCCC(O)C(O)c1ccc(C(F)(F)F)c([N+](=O)[O-])c1)OCC1c2ccccc2-c2ccccc21. The van der Waals surface area contributed by atoms with Crippen molar-refractivity contribution in [2.24, 2.45) is 0 Å². The predicted molar refractivity (Wildman–Crippen MR) is 127 cm³/mol. The summed E-state index contributed by atoms with van der Waals surface area (Å²) in [7, 11) is 0. The van der Waals surface area contributed by atoms with Crippen molar-refractivity contribution in [1.82, 2.24) is 5.32 Å². The van der Waals surface area contributed by atoms with E-state index in [1.165, 1.54) is 0 Å². The van der Waals surface area contributed by atoms with E-state index in [-0.39, 0.29) is 31.1 Å². The van der Waals surface area contributed by atoms with Crippen LogP contribution in [0.1, 0.15) is 40.7 Å². The molecule has 3 aromatic rings. The van der Waals surface area contributed by atoms with E-state index in [4.69, 9.17) is 4.74 Å². The number of carbonyl (C=O) groups excluding carboxylic acids is 1. The van der Waals surface area contributed by atoms with Crippen LogP contribution in [0, 0.1) is 10.1 Å². The summed E-state index contributed by atoms with van der Waals surface area (Å²) >= 11 is 0. The smallest absolute Gasteiger partial charge is 0.422 e. The summed E-state index contributed by atoms with van der Waals surface area (Å²) in [6.45, 7) is -0.0299. The largest absolute Gasteiger partial charge is 0.449 e. The average molecular weight is 516 g/mol. The van der Waals surface area contributed by atoms with Crippen LogP contribution in [0.3, 0.4) is 0 Å². The lowest BCUT2D eigenvalue weighted by molar-refractivity contribution is -0.388. The summed E-state index contributed by atoms with van der Waals surface area (Å²) in [6, 6.07) is 17.6. The van der Waals surface area contributed by atoms with Gasteiger partial charge in [-0.1, -0.05) is 54.6 Å². The minimum absolute atomic E-state index is 0.0836. The van der Waals surface area contributed by atoms with Crippen LogP contribution in [0.25, 0.3) is 11.1 Å². The zero-order valence-corrected chi connectivity index (χ0v) is 19.3. The molecule has 11 heteroatoms. The molecule has 8 nitrogen and oxygen atoms in total. The van der Waals surface area contributed by atoms with Gasteiger partial charge in [-0.25, -0.2) is 4.79 Å². The number of carbonyl (C=O) groups is 1. The number of amides is 1. The van der Waals surface area contributed by atoms with Crippen LogP contribution in [-0.2, 0) is 10.9 Å². The predicted octanol–water partition coefficient (Wildman–Crippen LogP) is 4.94. The van der Waals surface area contributed by atoms with Gasteiger partial charge in [0.2, 0.25) is 0 Å². The second kappa shape index (κ2) is 10.6. The first-order valence-corrected chi connectivity index (χ1v) is 11.4. The molecule has 0 heterocycles. The number of nitrogens with one attached hydrogen (secondary N) is 1. The molecule has 0 bridgehead atoms. The van der Waals surface area contributed by atoms with Gasteiger partial charge >= 0.3 is 12.3 Å². The number of rotatable bonds is 8. The number of nitrogens with zero attached hydrogens (tertiary/aromatic N) is 1. The van der Waals surface area contributed by atoms with Crippen LogP contribution in [0.15, 0.2) is 66.7 Å². The van der Waals surface area contributed by atoms with Gasteiger partial charge in [0.1, 0.15) is 18.3 Å². The van der Waals surface area contributed by atoms with Crippen LogP contribution in [-0.4, -0.2) is 40.5 Å². The molecule has 0 aliphatic heterocycles. The van der Waals surface area contributed by atoms with Gasteiger partial charge in [-0.3, -0.25) is 10.1 Å². The maximum atomic E-state index is 13.0. The summed E-state index contributed by atoms with van der Waals surface area (Å²) in [6.07, 6.45) is -9.08. The number of aliphatic hydroxyl groups excluding tert-OH is 2. The number of aliphatic hydroxyl groups is 2. The number of hydrogen-bond donors (Lipinski definition) is 3. The fraction of sp³-hybridized carbons (Fsp3) is 0.269. The van der Waals surface area contributed by atoms with Crippen molar-refractivity contribution in [3.05, 3.63) is 99.1 Å². The van der Waals surface area contributed by atoms with E-state index < -0.39 is 40.7 Å². The summed E-state index contributed by atoms with van der Waals surface area (Å²) < 4.78 is 44.3. The number of halogens is 3. The summed E-state index contributed by atoms with van der Waals surface area (Å²) in [4.78, 5) is 22.1. The molecule has 0 saturated carbocycles. The Balaban J connectivity index is 1.31. The first-order valence-electron chi connectivity index (χ1n) is 11.4. The fourth-order valence-corrected chi connectivity index (χ4v) is 4.47. The highest BCUT2D eigenvalue weighted by atomic mass is 19.4. The molecular formula is C26H23F3N2O6. The van der Waals surface area contributed by atoms with Gasteiger partial charge in [-0.2, -0.15) is 13.2 Å². The molecule has 1 aliphatic rings. The maximum Gasteiger partial charge on any atom is 0.422 e. The van der Waals surface area contributed by atoms with Gasteiger partial charge in [-0.05, 0) is 40.3 Å². The molecule has 1 aliphatic carbocycles. The van der Waals surface area contributed by atoms with Gasteiger partial charge < -0.3 is 20.3 Å². The third-order valence-corrected chi connectivity index (χ3v) is 6.28. The minimum Gasteiger partial charge on any atom is -0.449 e. The van der Waals surface area contributed by atoms with Crippen molar-refractivity contribution >= 4 is 11.8 Å². The van der Waals surface area contributed by atoms with Gasteiger partial charge in [-0.15, -0.1) is 0 Å². The number of alkyl halides is 3. The summed E-state index contributed by atoms with van der Waals surface area (Å²) in [5, 5.41) is 34.0. The fourth-order valence-electron chi connectivity index (χ4n) is 4.47. The van der Waals surface area contributed by atoms with Gasteiger partial charge in [0.05, 0.1) is 11.0 Å². The van der Waals surface area contributed by atoms with Crippen molar-refractivity contribution < 1.29 is 37.8 Å². The maximum absolute atomic E-state index is 13.0. The molecule has 0 spiro atoms. The normalized spacial score (nSPS) is 14.4. The number of nitro benzene ring substituents is 1. The zero-order chi connectivity index (χ0) is 26.7. The van der Waals surface area contributed by atoms with Gasteiger partial charge in [0, 0.05) is 18.5 Å². The van der Waals surface area contributed by atoms with Crippen molar-refractivity contribution in [3.8, 4) is 11.1 Å². The lowest BCUT2D eigenvalue weighted by Crippen LogP contribution is -2.30. The minimum atomic E-state index is -4.95. The lowest BCUT2D eigenvalue weighted by Gasteiger charge is -2.19. The Labute approximate surface area is 209 Å².